The number of halogens is 1. The second-order valence-electron chi connectivity index (χ2n) is 4.19. The molecule has 3 aromatic rings. The fourth-order valence-electron chi connectivity index (χ4n) is 1.98. The lowest BCUT2D eigenvalue weighted by atomic mass is 10.1. The Labute approximate surface area is 114 Å². The van der Waals surface area contributed by atoms with Gasteiger partial charge in [-0.3, -0.25) is 5.84 Å². The fourth-order valence-corrected chi connectivity index (χ4v) is 2.16. The number of nitrogens with two attached hydrogens (primary N) is 1. The molecule has 0 amide bonds. The van der Waals surface area contributed by atoms with Gasteiger partial charge in [-0.2, -0.15) is 15.0 Å². The SMILES string of the molecule is Cn1ncc(C(NN)c2cc3cc(Cl)ccc3o2)n1. The second-order valence-corrected chi connectivity index (χ2v) is 4.63. The second kappa shape index (κ2) is 4.65. The van der Waals surface area contributed by atoms with Gasteiger partial charge in [0.15, 0.2) is 0 Å². The average molecular weight is 278 g/mol. The molecule has 0 aliphatic rings. The number of benzene rings is 1. The first-order valence-corrected chi connectivity index (χ1v) is 6.06. The number of furan rings is 1. The molecule has 0 aliphatic carbocycles. The molecule has 0 radical (unpaired) electrons. The normalized spacial score (nSPS) is 13.0. The predicted molar refractivity (Wildman–Crippen MR) is 71.4 cm³/mol. The van der Waals surface area contributed by atoms with Crippen molar-refractivity contribution in [2.45, 2.75) is 6.04 Å². The third kappa shape index (κ3) is 2.21. The molecule has 0 bridgehead atoms. The molecule has 2 heterocycles. The van der Waals surface area contributed by atoms with E-state index < -0.39 is 0 Å². The lowest BCUT2D eigenvalue weighted by Crippen LogP contribution is -2.28. The van der Waals surface area contributed by atoms with Gasteiger partial charge < -0.3 is 4.42 Å². The molecular formula is C12H12ClN5O. The molecule has 1 unspecified atom stereocenters. The number of fused-ring (bicyclic) bond motifs is 1. The van der Waals surface area contributed by atoms with Gasteiger partial charge in [0.1, 0.15) is 23.1 Å². The largest absolute Gasteiger partial charge is 0.459 e. The molecule has 0 saturated carbocycles. The van der Waals surface area contributed by atoms with E-state index in [1.807, 2.05) is 18.2 Å². The fraction of sp³-hybridized carbons (Fsp3) is 0.167. The predicted octanol–water partition coefficient (Wildman–Crippen LogP) is 1.77. The Morgan fingerprint density at radius 1 is 1.42 bits per heavy atom. The summed E-state index contributed by atoms with van der Waals surface area (Å²) in [6.45, 7) is 0. The monoisotopic (exact) mass is 277 g/mol. The van der Waals surface area contributed by atoms with Crippen LogP contribution in [0.2, 0.25) is 5.02 Å². The van der Waals surface area contributed by atoms with Gasteiger partial charge >= 0.3 is 0 Å². The van der Waals surface area contributed by atoms with Crippen molar-refractivity contribution in [1.29, 1.82) is 0 Å². The van der Waals surface area contributed by atoms with Crippen molar-refractivity contribution in [2.24, 2.45) is 12.9 Å². The zero-order valence-electron chi connectivity index (χ0n) is 10.2. The molecular weight excluding hydrogens is 266 g/mol. The van der Waals surface area contributed by atoms with Crippen molar-refractivity contribution in [3.8, 4) is 0 Å². The van der Waals surface area contributed by atoms with Crippen molar-refractivity contribution in [2.75, 3.05) is 0 Å². The Balaban J connectivity index is 2.06. The van der Waals surface area contributed by atoms with E-state index in [0.29, 0.717) is 16.5 Å². The minimum absolute atomic E-state index is 0.347. The zero-order chi connectivity index (χ0) is 13.4. The van der Waals surface area contributed by atoms with E-state index in [-0.39, 0.29) is 6.04 Å². The highest BCUT2D eigenvalue weighted by Gasteiger charge is 2.20. The summed E-state index contributed by atoms with van der Waals surface area (Å²) < 4.78 is 5.76. The van der Waals surface area contributed by atoms with E-state index in [0.717, 1.165) is 11.0 Å². The van der Waals surface area contributed by atoms with Crippen molar-refractivity contribution in [3.63, 3.8) is 0 Å². The Bertz CT molecular complexity index is 720. The zero-order valence-corrected chi connectivity index (χ0v) is 10.9. The van der Waals surface area contributed by atoms with Crippen LogP contribution in [0, 0.1) is 0 Å². The van der Waals surface area contributed by atoms with Crippen LogP contribution in [0.5, 0.6) is 0 Å². The number of hydrogen-bond donors (Lipinski definition) is 2. The average Bonchev–Trinajstić information content (AvgIpc) is 2.96. The number of aryl methyl sites for hydroxylation is 1. The van der Waals surface area contributed by atoms with Gasteiger partial charge in [-0.25, -0.2) is 5.43 Å². The van der Waals surface area contributed by atoms with Gasteiger partial charge in [-0.1, -0.05) is 11.6 Å². The molecule has 6 nitrogen and oxygen atoms in total. The van der Waals surface area contributed by atoms with Crippen molar-refractivity contribution < 1.29 is 4.42 Å². The Hall–Kier alpha value is -1.89. The van der Waals surface area contributed by atoms with Gasteiger partial charge in [-0.15, -0.1) is 0 Å². The maximum absolute atomic E-state index is 5.95. The smallest absolute Gasteiger partial charge is 0.134 e. The van der Waals surface area contributed by atoms with E-state index >= 15 is 0 Å². The molecule has 1 atom stereocenters. The highest BCUT2D eigenvalue weighted by molar-refractivity contribution is 6.31. The van der Waals surface area contributed by atoms with Crippen LogP contribution in [0.1, 0.15) is 17.5 Å². The first kappa shape index (κ1) is 12.2. The lowest BCUT2D eigenvalue weighted by molar-refractivity contribution is 0.467. The highest BCUT2D eigenvalue weighted by atomic mass is 35.5. The molecule has 3 N–H and O–H groups in total. The van der Waals surface area contributed by atoms with Crippen molar-refractivity contribution >= 4 is 22.6 Å². The third-order valence-corrected chi connectivity index (χ3v) is 3.10. The maximum atomic E-state index is 5.95. The molecule has 3 rings (SSSR count). The summed E-state index contributed by atoms with van der Waals surface area (Å²) in [5.41, 5.74) is 4.12. The van der Waals surface area contributed by atoms with Crippen LogP contribution in [0.15, 0.2) is 34.9 Å². The Morgan fingerprint density at radius 3 is 2.95 bits per heavy atom. The minimum atomic E-state index is -0.347. The van der Waals surface area contributed by atoms with Crippen LogP contribution in [0.3, 0.4) is 0 Å². The van der Waals surface area contributed by atoms with Crippen LogP contribution in [0.4, 0.5) is 0 Å². The number of hydrazine groups is 1. The van der Waals surface area contributed by atoms with Crippen molar-refractivity contribution in [1.82, 2.24) is 20.4 Å². The number of nitrogens with one attached hydrogen (secondary N) is 1. The van der Waals surface area contributed by atoms with Gasteiger partial charge in [0.25, 0.3) is 0 Å². The molecule has 0 fully saturated rings. The maximum Gasteiger partial charge on any atom is 0.134 e. The summed E-state index contributed by atoms with van der Waals surface area (Å²) in [7, 11) is 1.75. The summed E-state index contributed by atoms with van der Waals surface area (Å²) in [5.74, 6) is 6.25. The Kier molecular flexibility index (Phi) is 2.98. The number of rotatable bonds is 3. The van der Waals surface area contributed by atoms with E-state index in [2.05, 4.69) is 15.6 Å². The van der Waals surface area contributed by atoms with E-state index in [1.165, 1.54) is 4.80 Å². The molecule has 0 saturated heterocycles. The summed E-state index contributed by atoms with van der Waals surface area (Å²) in [6, 6.07) is 6.99. The van der Waals surface area contributed by atoms with Gasteiger partial charge in [0.2, 0.25) is 0 Å². The van der Waals surface area contributed by atoms with Crippen molar-refractivity contribution in [3.05, 3.63) is 46.9 Å². The molecule has 19 heavy (non-hydrogen) atoms. The summed E-state index contributed by atoms with van der Waals surface area (Å²) >= 11 is 5.95. The minimum Gasteiger partial charge on any atom is -0.459 e. The summed E-state index contributed by atoms with van der Waals surface area (Å²) in [4.78, 5) is 1.47. The Morgan fingerprint density at radius 2 is 2.26 bits per heavy atom. The van der Waals surface area contributed by atoms with Crippen LogP contribution >= 0.6 is 11.6 Å². The van der Waals surface area contributed by atoms with Crippen LogP contribution < -0.4 is 11.3 Å². The standard InChI is InChI=1S/C12H12ClN5O/c1-18-15-6-9(17-18)12(16-14)11-5-7-4-8(13)2-3-10(7)19-11/h2-6,12,16H,14H2,1H3. The van der Waals surface area contributed by atoms with Crippen LogP contribution in [0.25, 0.3) is 11.0 Å². The first-order valence-electron chi connectivity index (χ1n) is 5.69. The van der Waals surface area contributed by atoms with Gasteiger partial charge in [-0.05, 0) is 24.3 Å². The quantitative estimate of drug-likeness (QED) is 0.563. The summed E-state index contributed by atoms with van der Waals surface area (Å²) in [6.07, 6.45) is 1.64. The molecule has 98 valence electrons. The van der Waals surface area contributed by atoms with Gasteiger partial charge in [0.05, 0.1) is 6.20 Å². The molecule has 0 spiro atoms. The van der Waals surface area contributed by atoms with Crippen LogP contribution in [-0.2, 0) is 7.05 Å². The van der Waals surface area contributed by atoms with Crippen LogP contribution in [-0.4, -0.2) is 15.0 Å². The highest BCUT2D eigenvalue weighted by Crippen LogP contribution is 2.28. The topological polar surface area (TPSA) is 81.9 Å². The van der Waals surface area contributed by atoms with Gasteiger partial charge in [0, 0.05) is 17.5 Å². The molecule has 1 aromatic carbocycles. The van der Waals surface area contributed by atoms with E-state index in [1.54, 1.807) is 19.3 Å². The third-order valence-electron chi connectivity index (χ3n) is 2.86. The number of hydrogen-bond acceptors (Lipinski definition) is 5. The van der Waals surface area contributed by atoms with E-state index in [9.17, 15) is 0 Å². The number of aromatic nitrogens is 3. The molecule has 0 aliphatic heterocycles. The number of nitrogens with zero attached hydrogens (tertiary/aromatic N) is 3. The lowest BCUT2D eigenvalue weighted by Gasteiger charge is -2.08. The summed E-state index contributed by atoms with van der Waals surface area (Å²) in [5, 5.41) is 9.84. The molecule has 2 aromatic heterocycles. The molecule has 7 heteroatoms. The van der Waals surface area contributed by atoms with E-state index in [4.69, 9.17) is 21.9 Å². The first-order chi connectivity index (χ1) is 9.17.